The van der Waals surface area contributed by atoms with E-state index in [1.807, 2.05) is 61.5 Å². The number of carbonyl (C=O) groups is 1. The molecule has 0 aliphatic heterocycles. The number of hydrogen-bond donors (Lipinski definition) is 1. The van der Waals surface area contributed by atoms with Crippen LogP contribution in [-0.4, -0.2) is 10.9 Å². The van der Waals surface area contributed by atoms with Gasteiger partial charge in [-0.25, -0.2) is 4.98 Å². The molecule has 2 aromatic carbocycles. The van der Waals surface area contributed by atoms with Gasteiger partial charge in [0.15, 0.2) is 5.01 Å². The molecule has 1 amide bonds. The lowest BCUT2D eigenvalue weighted by molar-refractivity contribution is 0.103. The minimum atomic E-state index is -0.162. The van der Waals surface area contributed by atoms with Crippen LogP contribution in [0.15, 0.2) is 60.8 Å². The third-order valence-electron chi connectivity index (χ3n) is 3.21. The molecule has 0 radical (unpaired) electrons. The molecule has 0 aliphatic rings. The number of amides is 1. The monoisotopic (exact) mass is 318 g/mol. The van der Waals surface area contributed by atoms with Crippen LogP contribution in [-0.2, 0) is 0 Å². The van der Waals surface area contributed by atoms with Crippen LogP contribution >= 0.6 is 11.3 Å². The highest BCUT2D eigenvalue weighted by molar-refractivity contribution is 7.14. The number of para-hydroxylation sites is 1. The summed E-state index contributed by atoms with van der Waals surface area (Å²) >= 11 is 1.29. The van der Waals surface area contributed by atoms with Crippen molar-refractivity contribution >= 4 is 22.9 Å². The fourth-order valence-electron chi connectivity index (χ4n) is 1.98. The number of aromatic nitrogens is 1. The molecule has 0 saturated heterocycles. The number of anilines is 1. The highest BCUT2D eigenvalue weighted by Gasteiger charge is 2.10. The van der Waals surface area contributed by atoms with E-state index in [4.69, 9.17) is 0 Å². The molecule has 0 bridgehead atoms. The molecule has 112 valence electrons. The number of nitrogens with zero attached hydrogens (tertiary/aromatic N) is 1. The summed E-state index contributed by atoms with van der Waals surface area (Å²) < 4.78 is 0. The first-order valence-corrected chi connectivity index (χ1v) is 7.94. The van der Waals surface area contributed by atoms with E-state index in [-0.39, 0.29) is 5.91 Å². The maximum absolute atomic E-state index is 12.3. The van der Waals surface area contributed by atoms with Crippen molar-refractivity contribution < 1.29 is 4.79 Å². The normalized spacial score (nSPS) is 9.78. The van der Waals surface area contributed by atoms with Gasteiger partial charge in [0.05, 0.1) is 6.20 Å². The van der Waals surface area contributed by atoms with Crippen molar-refractivity contribution in [3.05, 3.63) is 81.8 Å². The molecule has 0 saturated carbocycles. The maximum atomic E-state index is 12.3. The molecular weight excluding hydrogens is 304 g/mol. The summed E-state index contributed by atoms with van der Waals surface area (Å²) in [4.78, 5) is 17.0. The van der Waals surface area contributed by atoms with Crippen LogP contribution in [0.5, 0.6) is 0 Å². The molecule has 1 N–H and O–H groups in total. The van der Waals surface area contributed by atoms with Crippen LogP contribution in [0.3, 0.4) is 0 Å². The van der Waals surface area contributed by atoms with Crippen LogP contribution in [0, 0.1) is 18.8 Å². The summed E-state index contributed by atoms with van der Waals surface area (Å²) in [6.07, 6.45) is 1.56. The molecule has 3 aromatic rings. The predicted molar refractivity (Wildman–Crippen MR) is 93.7 cm³/mol. The van der Waals surface area contributed by atoms with Crippen molar-refractivity contribution in [2.45, 2.75) is 6.92 Å². The third-order valence-corrected chi connectivity index (χ3v) is 4.12. The first kappa shape index (κ1) is 15.0. The van der Waals surface area contributed by atoms with Crippen molar-refractivity contribution in [3.8, 4) is 11.8 Å². The van der Waals surface area contributed by atoms with E-state index < -0.39 is 0 Å². The van der Waals surface area contributed by atoms with Gasteiger partial charge in [-0.15, -0.1) is 11.3 Å². The van der Waals surface area contributed by atoms with Crippen LogP contribution in [0.1, 0.15) is 25.8 Å². The van der Waals surface area contributed by atoms with Gasteiger partial charge in [0, 0.05) is 11.3 Å². The molecule has 0 spiro atoms. The van der Waals surface area contributed by atoms with Crippen molar-refractivity contribution in [1.29, 1.82) is 0 Å². The Hall–Kier alpha value is -2.90. The van der Waals surface area contributed by atoms with E-state index in [2.05, 4.69) is 22.1 Å². The molecule has 1 heterocycles. The topological polar surface area (TPSA) is 42.0 Å². The van der Waals surface area contributed by atoms with E-state index in [1.54, 1.807) is 6.20 Å². The lowest BCUT2D eigenvalue weighted by atomic mass is 10.2. The zero-order chi connectivity index (χ0) is 16.1. The first-order chi connectivity index (χ1) is 11.2. The van der Waals surface area contributed by atoms with Crippen LogP contribution in [0.2, 0.25) is 0 Å². The summed E-state index contributed by atoms with van der Waals surface area (Å²) in [6, 6.07) is 17.4. The Labute approximate surface area is 139 Å². The minimum absolute atomic E-state index is 0.162. The van der Waals surface area contributed by atoms with E-state index in [0.717, 1.165) is 16.8 Å². The van der Waals surface area contributed by atoms with Crippen LogP contribution in [0.4, 0.5) is 5.69 Å². The van der Waals surface area contributed by atoms with Crippen LogP contribution < -0.4 is 5.32 Å². The van der Waals surface area contributed by atoms with Crippen molar-refractivity contribution in [1.82, 2.24) is 4.98 Å². The molecular formula is C19H14N2OS. The summed E-state index contributed by atoms with van der Waals surface area (Å²) in [5.74, 6) is 5.86. The Morgan fingerprint density at radius 1 is 1.04 bits per heavy atom. The van der Waals surface area contributed by atoms with Crippen molar-refractivity contribution in [3.63, 3.8) is 0 Å². The van der Waals surface area contributed by atoms with Gasteiger partial charge < -0.3 is 5.32 Å². The number of hydrogen-bond acceptors (Lipinski definition) is 3. The number of carbonyl (C=O) groups excluding carboxylic acids is 1. The number of thiazole rings is 1. The maximum Gasteiger partial charge on any atom is 0.267 e. The van der Waals surface area contributed by atoms with Gasteiger partial charge in [-0.2, -0.15) is 0 Å². The Kier molecular flexibility index (Phi) is 4.51. The highest BCUT2D eigenvalue weighted by atomic mass is 32.1. The second-order valence-electron chi connectivity index (χ2n) is 4.91. The molecule has 1 aromatic heterocycles. The van der Waals surface area contributed by atoms with Gasteiger partial charge in [0.1, 0.15) is 4.88 Å². The zero-order valence-electron chi connectivity index (χ0n) is 12.5. The average Bonchev–Trinajstić information content (AvgIpc) is 3.05. The molecule has 3 nitrogen and oxygen atoms in total. The Balaban J connectivity index is 1.73. The van der Waals surface area contributed by atoms with Gasteiger partial charge in [-0.3, -0.25) is 4.79 Å². The molecule has 0 aliphatic carbocycles. The molecule has 0 fully saturated rings. The Morgan fingerprint density at radius 3 is 2.57 bits per heavy atom. The smallest absolute Gasteiger partial charge is 0.267 e. The summed E-state index contributed by atoms with van der Waals surface area (Å²) in [7, 11) is 0. The molecule has 0 atom stereocenters. The van der Waals surface area contributed by atoms with E-state index >= 15 is 0 Å². The summed E-state index contributed by atoms with van der Waals surface area (Å²) in [5.41, 5.74) is 2.76. The fourth-order valence-corrected chi connectivity index (χ4v) is 2.65. The first-order valence-electron chi connectivity index (χ1n) is 7.12. The summed E-state index contributed by atoms with van der Waals surface area (Å²) in [6.45, 7) is 1.96. The molecule has 0 unspecified atom stereocenters. The number of rotatable bonds is 2. The lowest BCUT2D eigenvalue weighted by Gasteiger charge is -2.05. The number of benzene rings is 2. The average molecular weight is 318 g/mol. The van der Waals surface area contributed by atoms with Crippen molar-refractivity contribution in [2.75, 3.05) is 5.32 Å². The largest absolute Gasteiger partial charge is 0.321 e. The number of aryl methyl sites for hydroxylation is 1. The second-order valence-corrected chi connectivity index (χ2v) is 5.95. The molecule has 3 rings (SSSR count). The van der Waals surface area contributed by atoms with Gasteiger partial charge in [0.2, 0.25) is 0 Å². The quantitative estimate of drug-likeness (QED) is 0.723. The van der Waals surface area contributed by atoms with Gasteiger partial charge in [-0.05, 0) is 36.6 Å². The lowest BCUT2D eigenvalue weighted by Crippen LogP contribution is -2.10. The Morgan fingerprint density at radius 2 is 1.78 bits per heavy atom. The molecule has 23 heavy (non-hydrogen) atoms. The van der Waals surface area contributed by atoms with Crippen LogP contribution in [0.25, 0.3) is 0 Å². The van der Waals surface area contributed by atoms with E-state index in [9.17, 15) is 4.79 Å². The molecule has 4 heteroatoms. The van der Waals surface area contributed by atoms with E-state index in [1.165, 1.54) is 11.3 Å². The van der Waals surface area contributed by atoms with Gasteiger partial charge in [-0.1, -0.05) is 42.3 Å². The highest BCUT2D eigenvalue weighted by Crippen LogP contribution is 2.17. The third kappa shape index (κ3) is 3.85. The van der Waals surface area contributed by atoms with Crippen molar-refractivity contribution in [2.24, 2.45) is 0 Å². The van der Waals surface area contributed by atoms with Gasteiger partial charge in [0.25, 0.3) is 5.91 Å². The Bertz CT molecular complexity index is 888. The standard InChI is InChI=1S/C19H14N2OS/c1-14-7-5-6-10-16(14)21-19(22)17-13-20-18(23-17)12-11-15-8-3-2-4-9-15/h2-10,13H,1H3,(H,21,22). The second kappa shape index (κ2) is 6.91. The zero-order valence-corrected chi connectivity index (χ0v) is 13.4. The predicted octanol–water partition coefficient (Wildman–Crippen LogP) is 4.10. The van der Waals surface area contributed by atoms with Gasteiger partial charge >= 0.3 is 0 Å². The fraction of sp³-hybridized carbons (Fsp3) is 0.0526. The minimum Gasteiger partial charge on any atom is -0.321 e. The summed E-state index contributed by atoms with van der Waals surface area (Å²) in [5, 5.41) is 3.53. The number of nitrogens with one attached hydrogen (secondary N) is 1. The van der Waals surface area contributed by atoms with E-state index in [0.29, 0.717) is 9.88 Å². The SMILES string of the molecule is Cc1ccccc1NC(=O)c1cnc(C#Cc2ccccc2)s1.